The zero-order valence-corrected chi connectivity index (χ0v) is 12.2. The number of hydrogen-bond acceptors (Lipinski definition) is 2. The first-order valence-electron chi connectivity index (χ1n) is 7.04. The highest BCUT2D eigenvalue weighted by Crippen LogP contribution is 2.38. The number of Topliss-reactive ketones (excluding diaryl/α,β-unsaturated/α-hetero) is 1. The van der Waals surface area contributed by atoms with Gasteiger partial charge in [-0.3, -0.25) is 9.69 Å². The first kappa shape index (κ1) is 15.1. The minimum Gasteiger partial charge on any atom is -0.297 e. The molecule has 0 heterocycles. The summed E-state index contributed by atoms with van der Waals surface area (Å²) in [5.74, 6) is -1.06. The van der Waals surface area contributed by atoms with Crippen molar-refractivity contribution in [3.8, 4) is 0 Å². The van der Waals surface area contributed by atoms with Crippen molar-refractivity contribution in [2.75, 3.05) is 14.1 Å². The standard InChI is InChI=1S/C16H21F2NO/c1-11-6-8-16(9-7-11,19(2)3)15(20)13-5-4-12(17)10-14(13)18/h4-5,10-11H,6-9H2,1-3H3. The summed E-state index contributed by atoms with van der Waals surface area (Å²) in [5, 5.41) is 0. The fourth-order valence-electron chi connectivity index (χ4n) is 3.04. The number of likely N-dealkylation sites (N-methyl/N-ethyl adjacent to an activating group) is 1. The first-order valence-corrected chi connectivity index (χ1v) is 7.04. The van der Waals surface area contributed by atoms with Gasteiger partial charge in [0.05, 0.1) is 11.1 Å². The van der Waals surface area contributed by atoms with Gasteiger partial charge >= 0.3 is 0 Å². The van der Waals surface area contributed by atoms with Crippen LogP contribution >= 0.6 is 0 Å². The molecule has 4 heteroatoms. The number of ketones is 1. The highest BCUT2D eigenvalue weighted by Gasteiger charge is 2.43. The summed E-state index contributed by atoms with van der Waals surface area (Å²) >= 11 is 0. The first-order chi connectivity index (χ1) is 9.36. The zero-order chi connectivity index (χ0) is 14.9. The predicted octanol–water partition coefficient (Wildman–Crippen LogP) is 3.66. The van der Waals surface area contributed by atoms with Crippen LogP contribution in [0.1, 0.15) is 43.0 Å². The van der Waals surface area contributed by atoms with Crippen LogP contribution in [0.25, 0.3) is 0 Å². The van der Waals surface area contributed by atoms with Gasteiger partial charge in [-0.15, -0.1) is 0 Å². The monoisotopic (exact) mass is 281 g/mol. The smallest absolute Gasteiger partial charge is 0.185 e. The van der Waals surface area contributed by atoms with Crippen LogP contribution in [0.4, 0.5) is 8.78 Å². The minimum absolute atomic E-state index is 0.00495. The average molecular weight is 281 g/mol. The summed E-state index contributed by atoms with van der Waals surface area (Å²) in [5.41, 5.74) is -0.666. The van der Waals surface area contributed by atoms with Crippen molar-refractivity contribution in [3.05, 3.63) is 35.4 Å². The van der Waals surface area contributed by atoms with E-state index >= 15 is 0 Å². The van der Waals surface area contributed by atoms with E-state index in [0.717, 1.165) is 37.8 Å². The van der Waals surface area contributed by atoms with Crippen molar-refractivity contribution in [1.29, 1.82) is 0 Å². The molecule has 0 spiro atoms. The largest absolute Gasteiger partial charge is 0.297 e. The highest BCUT2D eigenvalue weighted by molar-refractivity contribution is 6.03. The molecule has 1 fully saturated rings. The van der Waals surface area contributed by atoms with Crippen molar-refractivity contribution in [2.24, 2.45) is 5.92 Å². The molecule has 2 nitrogen and oxygen atoms in total. The third kappa shape index (κ3) is 2.62. The number of hydrogen-bond donors (Lipinski definition) is 0. The van der Waals surface area contributed by atoms with Crippen molar-refractivity contribution >= 4 is 5.78 Å². The Morgan fingerprint density at radius 1 is 1.25 bits per heavy atom. The lowest BCUT2D eigenvalue weighted by Gasteiger charge is -2.43. The minimum atomic E-state index is -0.769. The molecule has 1 aliphatic rings. The van der Waals surface area contributed by atoms with Gasteiger partial charge in [0, 0.05) is 6.07 Å². The summed E-state index contributed by atoms with van der Waals surface area (Å²) in [6.07, 6.45) is 3.34. The lowest BCUT2D eigenvalue weighted by atomic mass is 9.72. The Hall–Kier alpha value is -1.29. The van der Waals surface area contributed by atoms with E-state index in [1.54, 1.807) is 0 Å². The van der Waals surface area contributed by atoms with Gasteiger partial charge in [0.1, 0.15) is 11.6 Å². The van der Waals surface area contributed by atoms with Crippen LogP contribution in [0.3, 0.4) is 0 Å². The van der Waals surface area contributed by atoms with Gasteiger partial charge in [0.2, 0.25) is 0 Å². The maximum atomic E-state index is 13.9. The fraction of sp³-hybridized carbons (Fsp3) is 0.562. The molecule has 1 aromatic carbocycles. The van der Waals surface area contributed by atoms with E-state index in [-0.39, 0.29) is 11.3 Å². The van der Waals surface area contributed by atoms with Gasteiger partial charge < -0.3 is 0 Å². The van der Waals surface area contributed by atoms with Gasteiger partial charge in [-0.05, 0) is 57.8 Å². The molecule has 20 heavy (non-hydrogen) atoms. The van der Waals surface area contributed by atoms with Crippen molar-refractivity contribution in [2.45, 2.75) is 38.1 Å². The molecule has 0 bridgehead atoms. The molecule has 1 saturated carbocycles. The second-order valence-electron chi connectivity index (χ2n) is 6.06. The summed E-state index contributed by atoms with van der Waals surface area (Å²) in [7, 11) is 3.71. The molecule has 0 saturated heterocycles. The van der Waals surface area contributed by atoms with Crippen molar-refractivity contribution in [1.82, 2.24) is 4.90 Å². The van der Waals surface area contributed by atoms with E-state index in [0.29, 0.717) is 5.92 Å². The maximum absolute atomic E-state index is 13.9. The lowest BCUT2D eigenvalue weighted by molar-refractivity contribution is 0.0509. The Labute approximate surface area is 118 Å². The van der Waals surface area contributed by atoms with E-state index in [4.69, 9.17) is 0 Å². The van der Waals surface area contributed by atoms with Gasteiger partial charge in [0.15, 0.2) is 5.78 Å². The summed E-state index contributed by atoms with van der Waals surface area (Å²) in [6.45, 7) is 2.17. The topological polar surface area (TPSA) is 20.3 Å². The maximum Gasteiger partial charge on any atom is 0.185 e. The molecule has 0 amide bonds. The van der Waals surface area contributed by atoms with Crippen molar-refractivity contribution in [3.63, 3.8) is 0 Å². The summed E-state index contributed by atoms with van der Waals surface area (Å²) in [4.78, 5) is 14.7. The second kappa shape index (κ2) is 5.60. The van der Waals surface area contributed by atoms with E-state index in [2.05, 4.69) is 6.92 Å². The number of rotatable bonds is 3. The molecular weight excluding hydrogens is 260 g/mol. The fourth-order valence-corrected chi connectivity index (χ4v) is 3.04. The van der Waals surface area contributed by atoms with E-state index in [1.165, 1.54) is 6.07 Å². The molecule has 110 valence electrons. The Balaban J connectivity index is 2.37. The normalized spacial score (nSPS) is 26.8. The van der Waals surface area contributed by atoms with Crippen LogP contribution in [0.2, 0.25) is 0 Å². The number of carbonyl (C=O) groups excluding carboxylic acids is 1. The Morgan fingerprint density at radius 3 is 2.35 bits per heavy atom. The molecule has 0 unspecified atom stereocenters. The zero-order valence-electron chi connectivity index (χ0n) is 12.2. The average Bonchev–Trinajstić information content (AvgIpc) is 2.39. The number of halogens is 2. The third-order valence-electron chi connectivity index (χ3n) is 4.56. The number of benzene rings is 1. The number of nitrogens with zero attached hydrogens (tertiary/aromatic N) is 1. The van der Waals surface area contributed by atoms with Crippen LogP contribution in [0, 0.1) is 17.6 Å². The quantitative estimate of drug-likeness (QED) is 0.788. The van der Waals surface area contributed by atoms with E-state index in [9.17, 15) is 13.6 Å². The van der Waals surface area contributed by atoms with Gasteiger partial charge in [0.25, 0.3) is 0 Å². The molecule has 0 aliphatic heterocycles. The molecular formula is C16H21F2NO. The molecule has 0 aromatic heterocycles. The van der Waals surface area contributed by atoms with Crippen LogP contribution in [0.15, 0.2) is 18.2 Å². The Morgan fingerprint density at radius 2 is 1.85 bits per heavy atom. The summed E-state index contributed by atoms with van der Waals surface area (Å²) < 4.78 is 26.9. The van der Waals surface area contributed by atoms with Gasteiger partial charge in [-0.2, -0.15) is 0 Å². The summed E-state index contributed by atoms with van der Waals surface area (Å²) in [6, 6.07) is 3.18. The predicted molar refractivity (Wildman–Crippen MR) is 74.7 cm³/mol. The molecule has 0 atom stereocenters. The van der Waals surface area contributed by atoms with Crippen LogP contribution in [-0.4, -0.2) is 30.3 Å². The van der Waals surface area contributed by atoms with Crippen molar-refractivity contribution < 1.29 is 13.6 Å². The van der Waals surface area contributed by atoms with Gasteiger partial charge in [-0.1, -0.05) is 6.92 Å². The van der Waals surface area contributed by atoms with Crippen LogP contribution < -0.4 is 0 Å². The molecule has 0 N–H and O–H groups in total. The third-order valence-corrected chi connectivity index (χ3v) is 4.56. The van der Waals surface area contributed by atoms with Crippen LogP contribution in [-0.2, 0) is 0 Å². The SMILES string of the molecule is CC1CCC(C(=O)c2ccc(F)cc2F)(N(C)C)CC1. The van der Waals surface area contributed by atoms with Crippen LogP contribution in [0.5, 0.6) is 0 Å². The second-order valence-corrected chi connectivity index (χ2v) is 6.06. The molecule has 2 rings (SSSR count). The lowest BCUT2D eigenvalue weighted by Crippen LogP contribution is -2.53. The van der Waals surface area contributed by atoms with Gasteiger partial charge in [-0.25, -0.2) is 8.78 Å². The van der Waals surface area contributed by atoms with E-state index < -0.39 is 17.2 Å². The highest BCUT2D eigenvalue weighted by atomic mass is 19.1. The Bertz CT molecular complexity index is 505. The molecule has 1 aliphatic carbocycles. The number of carbonyl (C=O) groups is 1. The molecule has 1 aromatic rings. The Kier molecular flexibility index (Phi) is 4.23. The molecule has 0 radical (unpaired) electrons. The van der Waals surface area contributed by atoms with E-state index in [1.807, 2.05) is 19.0 Å².